The predicted molar refractivity (Wildman–Crippen MR) is 110 cm³/mol. The van der Waals surface area contributed by atoms with Gasteiger partial charge >= 0.3 is 0 Å². The number of pyridine rings is 1. The fourth-order valence-corrected chi connectivity index (χ4v) is 3.16. The van der Waals surface area contributed by atoms with E-state index in [-0.39, 0.29) is 5.75 Å². The second kappa shape index (κ2) is 7.15. The van der Waals surface area contributed by atoms with Crippen LogP contribution in [-0.4, -0.2) is 28.7 Å². The lowest BCUT2D eigenvalue weighted by Crippen LogP contribution is -2.00. The van der Waals surface area contributed by atoms with Crippen LogP contribution in [0.3, 0.4) is 0 Å². The number of phenolic OH excluding ortho intramolecular Hbond substituents is 1. The molecule has 0 spiro atoms. The van der Waals surface area contributed by atoms with E-state index < -0.39 is 0 Å². The Kier molecular flexibility index (Phi) is 4.53. The summed E-state index contributed by atoms with van der Waals surface area (Å²) in [6.45, 7) is 2.03. The molecule has 0 bridgehead atoms. The van der Waals surface area contributed by atoms with Crippen LogP contribution in [0.1, 0.15) is 5.56 Å². The number of methoxy groups -OCH3 is 2. The third-order valence-corrected chi connectivity index (χ3v) is 4.56. The number of fused-ring (bicyclic) bond motifs is 1. The number of aromatic hydroxyl groups is 1. The first-order valence-corrected chi connectivity index (χ1v) is 8.86. The average Bonchev–Trinajstić information content (AvgIpc) is 3.05. The molecule has 6 nitrogen and oxygen atoms in total. The van der Waals surface area contributed by atoms with Crippen LogP contribution in [0.25, 0.3) is 16.9 Å². The SMILES string of the molecule is COc1ccc(OC)c(Nc2c(-c3cccc(O)c3)nc3cc(C)ccn23)c1. The molecule has 4 aromatic rings. The number of benzene rings is 2. The van der Waals surface area contributed by atoms with Gasteiger partial charge in [-0.05, 0) is 48.9 Å². The normalized spacial score (nSPS) is 10.8. The first-order chi connectivity index (χ1) is 13.6. The molecule has 4 rings (SSSR count). The molecule has 0 fully saturated rings. The number of aromatic nitrogens is 2. The summed E-state index contributed by atoms with van der Waals surface area (Å²) < 4.78 is 12.8. The van der Waals surface area contributed by atoms with Crippen LogP contribution >= 0.6 is 0 Å². The fourth-order valence-electron chi connectivity index (χ4n) is 3.16. The molecule has 6 heteroatoms. The van der Waals surface area contributed by atoms with Crippen LogP contribution in [0.2, 0.25) is 0 Å². The van der Waals surface area contributed by atoms with Gasteiger partial charge in [-0.1, -0.05) is 12.1 Å². The van der Waals surface area contributed by atoms with E-state index in [4.69, 9.17) is 14.5 Å². The zero-order valence-electron chi connectivity index (χ0n) is 15.9. The number of imidazole rings is 1. The molecule has 28 heavy (non-hydrogen) atoms. The summed E-state index contributed by atoms with van der Waals surface area (Å²) in [6.07, 6.45) is 1.97. The fraction of sp³-hybridized carbons (Fsp3) is 0.136. The van der Waals surface area contributed by atoms with E-state index in [1.54, 1.807) is 32.4 Å². The molecule has 2 aromatic heterocycles. The molecular weight excluding hydrogens is 354 g/mol. The molecule has 2 N–H and O–H groups in total. The van der Waals surface area contributed by atoms with Crippen molar-refractivity contribution in [3.05, 3.63) is 66.4 Å². The average molecular weight is 375 g/mol. The zero-order chi connectivity index (χ0) is 19.7. The number of hydrogen-bond donors (Lipinski definition) is 2. The van der Waals surface area contributed by atoms with Crippen LogP contribution in [0, 0.1) is 6.92 Å². The molecule has 2 aromatic carbocycles. The molecular formula is C22H21N3O3. The van der Waals surface area contributed by atoms with Crippen molar-refractivity contribution >= 4 is 17.2 Å². The number of hydrogen-bond acceptors (Lipinski definition) is 5. The Bertz CT molecular complexity index is 1150. The maximum Gasteiger partial charge on any atom is 0.143 e. The Balaban J connectivity index is 1.92. The maximum absolute atomic E-state index is 9.93. The number of nitrogens with zero attached hydrogens (tertiary/aromatic N) is 2. The van der Waals surface area contributed by atoms with Gasteiger partial charge < -0.3 is 19.9 Å². The summed E-state index contributed by atoms with van der Waals surface area (Å²) >= 11 is 0. The van der Waals surface area contributed by atoms with Crippen molar-refractivity contribution in [2.75, 3.05) is 19.5 Å². The molecule has 2 heterocycles. The van der Waals surface area contributed by atoms with Gasteiger partial charge in [-0.3, -0.25) is 4.40 Å². The first kappa shape index (κ1) is 17.7. The van der Waals surface area contributed by atoms with Gasteiger partial charge in [0.05, 0.1) is 19.9 Å². The third-order valence-electron chi connectivity index (χ3n) is 4.56. The quantitative estimate of drug-likeness (QED) is 0.526. The van der Waals surface area contributed by atoms with Crippen LogP contribution in [0.15, 0.2) is 60.8 Å². The molecule has 0 unspecified atom stereocenters. The number of anilines is 2. The van der Waals surface area contributed by atoms with Gasteiger partial charge in [0, 0.05) is 17.8 Å². The van der Waals surface area contributed by atoms with E-state index in [0.717, 1.165) is 34.0 Å². The van der Waals surface area contributed by atoms with Gasteiger partial charge in [0.15, 0.2) is 0 Å². The van der Waals surface area contributed by atoms with Crippen molar-refractivity contribution in [1.82, 2.24) is 9.38 Å². The van der Waals surface area contributed by atoms with E-state index in [2.05, 4.69) is 5.32 Å². The van der Waals surface area contributed by atoms with Crippen molar-refractivity contribution in [3.8, 4) is 28.5 Å². The topological polar surface area (TPSA) is 68.0 Å². The second-order valence-corrected chi connectivity index (χ2v) is 6.48. The Morgan fingerprint density at radius 1 is 1.00 bits per heavy atom. The lowest BCUT2D eigenvalue weighted by atomic mass is 10.1. The standard InChI is InChI=1S/C22H21N3O3/c1-14-9-10-25-20(11-14)24-21(15-5-4-6-16(26)12-15)22(25)23-18-13-17(27-2)7-8-19(18)28-3/h4-13,23,26H,1-3H3. The lowest BCUT2D eigenvalue weighted by Gasteiger charge is -2.14. The Morgan fingerprint density at radius 3 is 2.61 bits per heavy atom. The summed E-state index contributed by atoms with van der Waals surface area (Å²) in [5, 5.41) is 13.4. The minimum Gasteiger partial charge on any atom is -0.508 e. The minimum absolute atomic E-state index is 0.190. The summed E-state index contributed by atoms with van der Waals surface area (Å²) in [5.41, 5.74) is 4.22. The van der Waals surface area contributed by atoms with E-state index in [0.29, 0.717) is 11.5 Å². The van der Waals surface area contributed by atoms with Crippen LogP contribution in [0.4, 0.5) is 11.5 Å². The minimum atomic E-state index is 0.190. The molecule has 0 saturated heterocycles. The highest BCUT2D eigenvalue weighted by Crippen LogP contribution is 2.36. The Hall–Kier alpha value is -3.67. The second-order valence-electron chi connectivity index (χ2n) is 6.48. The van der Waals surface area contributed by atoms with Gasteiger partial charge in [-0.2, -0.15) is 0 Å². The number of rotatable bonds is 5. The van der Waals surface area contributed by atoms with Crippen molar-refractivity contribution in [2.45, 2.75) is 6.92 Å². The van der Waals surface area contributed by atoms with Gasteiger partial charge in [0.25, 0.3) is 0 Å². The largest absolute Gasteiger partial charge is 0.508 e. The summed E-state index contributed by atoms with van der Waals surface area (Å²) in [6, 6.07) is 16.7. The number of aryl methyl sites for hydroxylation is 1. The summed E-state index contributed by atoms with van der Waals surface area (Å²) in [4.78, 5) is 4.80. The van der Waals surface area contributed by atoms with Crippen LogP contribution in [0.5, 0.6) is 17.2 Å². The lowest BCUT2D eigenvalue weighted by molar-refractivity contribution is 0.405. The number of ether oxygens (including phenoxy) is 2. The van der Waals surface area contributed by atoms with Crippen molar-refractivity contribution in [1.29, 1.82) is 0 Å². The Labute approximate surface area is 163 Å². The highest BCUT2D eigenvalue weighted by molar-refractivity contribution is 5.81. The smallest absolute Gasteiger partial charge is 0.143 e. The van der Waals surface area contributed by atoms with Crippen molar-refractivity contribution in [3.63, 3.8) is 0 Å². The van der Waals surface area contributed by atoms with Gasteiger partial charge in [0.2, 0.25) is 0 Å². The monoisotopic (exact) mass is 375 g/mol. The van der Waals surface area contributed by atoms with Gasteiger partial charge in [-0.25, -0.2) is 4.98 Å². The molecule has 0 saturated carbocycles. The molecule has 0 aliphatic rings. The van der Waals surface area contributed by atoms with Crippen LogP contribution < -0.4 is 14.8 Å². The highest BCUT2D eigenvalue weighted by atomic mass is 16.5. The van der Waals surface area contributed by atoms with E-state index in [1.165, 1.54) is 0 Å². The Morgan fingerprint density at radius 2 is 1.86 bits per heavy atom. The molecule has 0 aliphatic carbocycles. The molecule has 0 atom stereocenters. The summed E-state index contributed by atoms with van der Waals surface area (Å²) in [7, 11) is 3.25. The highest BCUT2D eigenvalue weighted by Gasteiger charge is 2.17. The van der Waals surface area contributed by atoms with Crippen LogP contribution in [-0.2, 0) is 0 Å². The molecule has 0 amide bonds. The van der Waals surface area contributed by atoms with Crippen molar-refractivity contribution < 1.29 is 14.6 Å². The van der Waals surface area contributed by atoms with Gasteiger partial charge in [-0.15, -0.1) is 0 Å². The molecule has 142 valence electrons. The number of phenols is 1. The van der Waals surface area contributed by atoms with Gasteiger partial charge in [0.1, 0.15) is 34.4 Å². The van der Waals surface area contributed by atoms with E-state index >= 15 is 0 Å². The number of nitrogens with one attached hydrogen (secondary N) is 1. The third kappa shape index (κ3) is 3.20. The summed E-state index contributed by atoms with van der Waals surface area (Å²) in [5.74, 6) is 2.36. The predicted octanol–water partition coefficient (Wildman–Crippen LogP) is 4.78. The van der Waals surface area contributed by atoms with Crippen molar-refractivity contribution in [2.24, 2.45) is 0 Å². The van der Waals surface area contributed by atoms with E-state index in [1.807, 2.05) is 53.9 Å². The zero-order valence-corrected chi connectivity index (χ0v) is 15.9. The van der Waals surface area contributed by atoms with E-state index in [9.17, 15) is 5.11 Å². The maximum atomic E-state index is 9.93. The molecule has 0 aliphatic heterocycles. The first-order valence-electron chi connectivity index (χ1n) is 8.86. The molecule has 0 radical (unpaired) electrons.